The molecular formula is C11H17NO. The topological polar surface area (TPSA) is 25.2 Å². The minimum atomic E-state index is 0.0249. The normalized spacial score (nSPS) is 27.7. The maximum Gasteiger partial charge on any atom is 0.127 e. The third-order valence-electron chi connectivity index (χ3n) is 3.26. The van der Waals surface area contributed by atoms with Crippen molar-refractivity contribution in [2.24, 2.45) is 5.92 Å². The van der Waals surface area contributed by atoms with E-state index in [1.54, 1.807) is 6.26 Å². The van der Waals surface area contributed by atoms with Crippen LogP contribution >= 0.6 is 0 Å². The Bertz CT molecular complexity index is 303. The van der Waals surface area contributed by atoms with Crippen molar-refractivity contribution in [2.45, 2.75) is 32.7 Å². The molecule has 1 aromatic rings. The summed E-state index contributed by atoms with van der Waals surface area (Å²) in [6, 6.07) is 2.09. The predicted molar refractivity (Wildman–Crippen MR) is 52.6 cm³/mol. The zero-order chi connectivity index (χ0) is 9.47. The first-order valence-corrected chi connectivity index (χ1v) is 4.96. The van der Waals surface area contributed by atoms with E-state index in [4.69, 9.17) is 4.42 Å². The summed E-state index contributed by atoms with van der Waals surface area (Å²) in [6.45, 7) is 7.73. The highest BCUT2D eigenvalue weighted by atomic mass is 16.3. The van der Waals surface area contributed by atoms with Crippen molar-refractivity contribution in [2.75, 3.05) is 6.54 Å². The van der Waals surface area contributed by atoms with Crippen LogP contribution in [-0.2, 0) is 12.0 Å². The zero-order valence-corrected chi connectivity index (χ0v) is 8.55. The molecule has 72 valence electrons. The highest BCUT2D eigenvalue weighted by molar-refractivity contribution is 5.27. The van der Waals surface area contributed by atoms with Crippen molar-refractivity contribution in [3.63, 3.8) is 0 Å². The molecule has 0 radical (unpaired) electrons. The lowest BCUT2D eigenvalue weighted by Gasteiger charge is -2.37. The van der Waals surface area contributed by atoms with Crippen molar-refractivity contribution >= 4 is 0 Å². The van der Waals surface area contributed by atoms with Gasteiger partial charge in [-0.3, -0.25) is 0 Å². The molecule has 0 amide bonds. The zero-order valence-electron chi connectivity index (χ0n) is 8.55. The number of fused-ring (bicyclic) bond motifs is 1. The molecule has 0 fully saturated rings. The van der Waals surface area contributed by atoms with E-state index < -0.39 is 0 Å². The average Bonchev–Trinajstić information content (AvgIpc) is 2.53. The molecule has 0 saturated carbocycles. The maximum absolute atomic E-state index is 5.57. The van der Waals surface area contributed by atoms with Crippen LogP contribution in [0.4, 0.5) is 0 Å². The third-order valence-corrected chi connectivity index (χ3v) is 3.26. The molecule has 1 unspecified atom stereocenters. The summed E-state index contributed by atoms with van der Waals surface area (Å²) in [4.78, 5) is 0. The Morgan fingerprint density at radius 1 is 1.54 bits per heavy atom. The second kappa shape index (κ2) is 2.88. The Hall–Kier alpha value is -0.760. The number of nitrogens with one attached hydrogen (secondary N) is 1. The minimum absolute atomic E-state index is 0.0249. The van der Waals surface area contributed by atoms with Gasteiger partial charge in [0, 0.05) is 6.54 Å². The van der Waals surface area contributed by atoms with E-state index in [0.29, 0.717) is 5.92 Å². The lowest BCUT2D eigenvalue weighted by molar-refractivity contribution is 0.205. The molecular weight excluding hydrogens is 162 g/mol. The van der Waals surface area contributed by atoms with E-state index in [2.05, 4.69) is 32.2 Å². The predicted octanol–water partition coefficient (Wildman–Crippen LogP) is 2.30. The van der Waals surface area contributed by atoms with Crippen LogP contribution in [-0.4, -0.2) is 6.54 Å². The molecule has 1 aliphatic rings. The van der Waals surface area contributed by atoms with Crippen molar-refractivity contribution in [3.05, 3.63) is 23.7 Å². The molecule has 0 saturated heterocycles. The second-order valence-electron chi connectivity index (χ2n) is 4.31. The first-order chi connectivity index (χ1) is 6.14. The van der Waals surface area contributed by atoms with E-state index in [1.165, 1.54) is 5.56 Å². The molecule has 2 heterocycles. The first kappa shape index (κ1) is 8.82. The number of furan rings is 1. The largest absolute Gasteiger partial charge is 0.467 e. The van der Waals surface area contributed by atoms with Gasteiger partial charge in [0.05, 0.1) is 11.8 Å². The van der Waals surface area contributed by atoms with Crippen LogP contribution < -0.4 is 5.32 Å². The highest BCUT2D eigenvalue weighted by Gasteiger charge is 2.37. The molecule has 1 aromatic heterocycles. The Labute approximate surface area is 79.3 Å². The smallest absolute Gasteiger partial charge is 0.127 e. The summed E-state index contributed by atoms with van der Waals surface area (Å²) in [6.07, 6.45) is 2.90. The lowest BCUT2D eigenvalue weighted by Crippen LogP contribution is -2.48. The molecule has 2 rings (SSSR count). The number of hydrogen-bond acceptors (Lipinski definition) is 2. The van der Waals surface area contributed by atoms with Crippen LogP contribution in [0.5, 0.6) is 0 Å². The van der Waals surface area contributed by atoms with Crippen molar-refractivity contribution in [1.29, 1.82) is 0 Å². The van der Waals surface area contributed by atoms with Crippen molar-refractivity contribution in [3.8, 4) is 0 Å². The van der Waals surface area contributed by atoms with Gasteiger partial charge < -0.3 is 9.73 Å². The van der Waals surface area contributed by atoms with Crippen LogP contribution in [0.3, 0.4) is 0 Å². The van der Waals surface area contributed by atoms with E-state index >= 15 is 0 Å². The van der Waals surface area contributed by atoms with Crippen LogP contribution in [0.15, 0.2) is 16.7 Å². The Morgan fingerprint density at radius 3 is 3.00 bits per heavy atom. The fourth-order valence-corrected chi connectivity index (χ4v) is 1.99. The summed E-state index contributed by atoms with van der Waals surface area (Å²) in [5, 5.41) is 3.54. The van der Waals surface area contributed by atoms with Crippen LogP contribution in [0.2, 0.25) is 0 Å². The van der Waals surface area contributed by atoms with E-state index in [0.717, 1.165) is 18.7 Å². The summed E-state index contributed by atoms with van der Waals surface area (Å²) >= 11 is 0. The standard InChI is InChI=1S/C11H17NO/c1-8(2)11(3)10-9(4-6-12-11)5-7-13-10/h5,7-8,12H,4,6H2,1-3H3. The molecule has 0 aromatic carbocycles. The molecule has 0 spiro atoms. The number of rotatable bonds is 1. The molecule has 1 aliphatic heterocycles. The summed E-state index contributed by atoms with van der Waals surface area (Å²) in [7, 11) is 0. The van der Waals surface area contributed by atoms with E-state index in [9.17, 15) is 0 Å². The lowest BCUT2D eigenvalue weighted by atomic mass is 9.81. The van der Waals surface area contributed by atoms with Crippen molar-refractivity contribution in [1.82, 2.24) is 5.32 Å². The fourth-order valence-electron chi connectivity index (χ4n) is 1.99. The summed E-state index contributed by atoms with van der Waals surface area (Å²) in [5.41, 5.74) is 1.40. The molecule has 2 nitrogen and oxygen atoms in total. The van der Waals surface area contributed by atoms with Gasteiger partial charge in [0.1, 0.15) is 5.76 Å². The third kappa shape index (κ3) is 1.20. The highest BCUT2D eigenvalue weighted by Crippen LogP contribution is 2.34. The molecule has 0 bridgehead atoms. The van der Waals surface area contributed by atoms with Gasteiger partial charge in [-0.2, -0.15) is 0 Å². The Balaban J connectivity index is 2.45. The minimum Gasteiger partial charge on any atom is -0.467 e. The van der Waals surface area contributed by atoms with Gasteiger partial charge in [-0.05, 0) is 30.9 Å². The summed E-state index contributed by atoms with van der Waals surface area (Å²) in [5.74, 6) is 1.69. The Morgan fingerprint density at radius 2 is 2.31 bits per heavy atom. The monoisotopic (exact) mass is 179 g/mol. The van der Waals surface area contributed by atoms with Gasteiger partial charge in [-0.1, -0.05) is 13.8 Å². The average molecular weight is 179 g/mol. The van der Waals surface area contributed by atoms with Gasteiger partial charge in [-0.15, -0.1) is 0 Å². The summed E-state index contributed by atoms with van der Waals surface area (Å²) < 4.78 is 5.57. The SMILES string of the molecule is CC(C)C1(C)NCCc2ccoc21. The van der Waals surface area contributed by atoms with Gasteiger partial charge in [-0.25, -0.2) is 0 Å². The van der Waals surface area contributed by atoms with Gasteiger partial charge in [0.25, 0.3) is 0 Å². The van der Waals surface area contributed by atoms with Gasteiger partial charge >= 0.3 is 0 Å². The second-order valence-corrected chi connectivity index (χ2v) is 4.31. The Kier molecular flexibility index (Phi) is 1.95. The number of hydrogen-bond donors (Lipinski definition) is 1. The molecule has 1 atom stereocenters. The van der Waals surface area contributed by atoms with Crippen LogP contribution in [0.25, 0.3) is 0 Å². The first-order valence-electron chi connectivity index (χ1n) is 4.96. The quantitative estimate of drug-likeness (QED) is 0.715. The van der Waals surface area contributed by atoms with Crippen LogP contribution in [0, 0.1) is 5.92 Å². The van der Waals surface area contributed by atoms with Gasteiger partial charge in [0.2, 0.25) is 0 Å². The maximum atomic E-state index is 5.57. The van der Waals surface area contributed by atoms with Crippen molar-refractivity contribution < 1.29 is 4.42 Å². The fraction of sp³-hybridized carbons (Fsp3) is 0.636. The van der Waals surface area contributed by atoms with Gasteiger partial charge in [0.15, 0.2) is 0 Å². The van der Waals surface area contributed by atoms with E-state index in [-0.39, 0.29) is 5.54 Å². The van der Waals surface area contributed by atoms with Crippen LogP contribution in [0.1, 0.15) is 32.1 Å². The molecule has 13 heavy (non-hydrogen) atoms. The molecule has 2 heteroatoms. The van der Waals surface area contributed by atoms with E-state index in [1.807, 2.05) is 0 Å². The molecule has 0 aliphatic carbocycles. The molecule has 1 N–H and O–H groups in total.